The minimum Gasteiger partial charge on any atom is -0.412 e. The molecule has 0 saturated carbocycles. The summed E-state index contributed by atoms with van der Waals surface area (Å²) in [6.07, 6.45) is 3.40. The highest BCUT2D eigenvalue weighted by atomic mass is 28.4. The predicted molar refractivity (Wildman–Crippen MR) is 82.7 cm³/mol. The lowest BCUT2D eigenvalue weighted by Gasteiger charge is -2.45. The molecule has 0 aromatic heterocycles. The first kappa shape index (κ1) is 16.4. The second-order valence-corrected chi connectivity index (χ2v) is 11.8. The Morgan fingerprint density at radius 3 is 2.53 bits per heavy atom. The van der Waals surface area contributed by atoms with Gasteiger partial charge in [-0.3, -0.25) is 4.79 Å². The van der Waals surface area contributed by atoms with Crippen molar-refractivity contribution in [1.29, 1.82) is 0 Å². The van der Waals surface area contributed by atoms with Crippen molar-refractivity contribution >= 4 is 14.2 Å². The highest BCUT2D eigenvalue weighted by Crippen LogP contribution is 2.39. The molecule has 4 heteroatoms. The molecule has 110 valence electrons. The van der Waals surface area contributed by atoms with Gasteiger partial charge < -0.3 is 9.33 Å². The fraction of sp³-hybridized carbons (Fsp3) is 0.800. The lowest BCUT2D eigenvalue weighted by Crippen LogP contribution is -2.55. The molecule has 0 aromatic carbocycles. The molecule has 19 heavy (non-hydrogen) atoms. The van der Waals surface area contributed by atoms with Crippen LogP contribution in [0.4, 0.5) is 0 Å². The van der Waals surface area contributed by atoms with Crippen LogP contribution in [0.25, 0.3) is 0 Å². The van der Waals surface area contributed by atoms with Crippen LogP contribution in [0.2, 0.25) is 18.1 Å². The van der Waals surface area contributed by atoms with Crippen molar-refractivity contribution in [3.63, 3.8) is 0 Å². The van der Waals surface area contributed by atoms with E-state index in [0.29, 0.717) is 13.0 Å². The first-order chi connectivity index (χ1) is 8.60. The van der Waals surface area contributed by atoms with Crippen LogP contribution in [0.15, 0.2) is 12.7 Å². The second kappa shape index (κ2) is 5.79. The zero-order valence-electron chi connectivity index (χ0n) is 13.3. The predicted octanol–water partition coefficient (Wildman–Crippen LogP) is 3.57. The van der Waals surface area contributed by atoms with Gasteiger partial charge in [0.1, 0.15) is 0 Å². The fourth-order valence-corrected chi connectivity index (χ4v) is 3.62. The third-order valence-corrected chi connectivity index (χ3v) is 9.08. The van der Waals surface area contributed by atoms with Gasteiger partial charge in [-0.1, -0.05) is 26.8 Å². The van der Waals surface area contributed by atoms with E-state index >= 15 is 0 Å². The van der Waals surface area contributed by atoms with Crippen LogP contribution in [0.3, 0.4) is 0 Å². The molecule has 1 aliphatic heterocycles. The Hall–Kier alpha value is -0.613. The zero-order chi connectivity index (χ0) is 14.8. The Morgan fingerprint density at radius 1 is 1.47 bits per heavy atom. The molecule has 3 nitrogen and oxygen atoms in total. The topological polar surface area (TPSA) is 29.5 Å². The van der Waals surface area contributed by atoms with Crippen LogP contribution in [-0.4, -0.2) is 37.8 Å². The Kier molecular flexibility index (Phi) is 5.01. The molecular weight excluding hydrogens is 254 g/mol. The van der Waals surface area contributed by atoms with E-state index in [2.05, 4.69) is 47.4 Å². The standard InChI is InChI=1S/C15H29NO2Si/c1-8-11-16-12(2)13(9-10-14(16)17)18-19(6,7)15(3,4)5/h8,12-13H,1,9-11H2,2-7H3/t12-,13+/m1/s1. The summed E-state index contributed by atoms with van der Waals surface area (Å²) in [5.74, 6) is 0.225. The van der Waals surface area contributed by atoms with Gasteiger partial charge in [-0.15, -0.1) is 6.58 Å². The van der Waals surface area contributed by atoms with Gasteiger partial charge in [-0.25, -0.2) is 0 Å². The molecule has 0 radical (unpaired) electrons. The average molecular weight is 283 g/mol. The Balaban J connectivity index is 2.79. The van der Waals surface area contributed by atoms with Crippen molar-refractivity contribution in [3.8, 4) is 0 Å². The molecule has 0 N–H and O–H groups in total. The van der Waals surface area contributed by atoms with Crippen LogP contribution in [0, 0.1) is 0 Å². The highest BCUT2D eigenvalue weighted by Gasteiger charge is 2.42. The summed E-state index contributed by atoms with van der Waals surface area (Å²) in [5, 5.41) is 0.206. The minimum absolute atomic E-state index is 0.147. The summed E-state index contributed by atoms with van der Waals surface area (Å²) < 4.78 is 6.49. The van der Waals surface area contributed by atoms with Gasteiger partial charge in [0, 0.05) is 13.0 Å². The van der Waals surface area contributed by atoms with Gasteiger partial charge in [-0.2, -0.15) is 0 Å². The summed E-state index contributed by atoms with van der Waals surface area (Å²) in [6, 6.07) is 0.147. The van der Waals surface area contributed by atoms with Gasteiger partial charge in [0.15, 0.2) is 8.32 Å². The number of carbonyl (C=O) groups is 1. The first-order valence-corrected chi connectivity index (χ1v) is 10.1. The molecule has 1 rings (SSSR count). The molecule has 1 fully saturated rings. The lowest BCUT2D eigenvalue weighted by atomic mass is 10.00. The van der Waals surface area contributed by atoms with E-state index in [-0.39, 0.29) is 23.1 Å². The second-order valence-electron chi connectivity index (χ2n) is 7.03. The monoisotopic (exact) mass is 283 g/mol. The molecule has 1 amide bonds. The first-order valence-electron chi connectivity index (χ1n) is 7.18. The molecule has 2 atom stereocenters. The van der Waals surface area contributed by atoms with Gasteiger partial charge in [0.2, 0.25) is 5.91 Å². The van der Waals surface area contributed by atoms with Gasteiger partial charge >= 0.3 is 0 Å². The van der Waals surface area contributed by atoms with Gasteiger partial charge in [0.05, 0.1) is 12.1 Å². The van der Waals surface area contributed by atoms with Crippen molar-refractivity contribution in [1.82, 2.24) is 4.90 Å². The Bertz CT molecular complexity index is 347. The van der Waals surface area contributed by atoms with Crippen LogP contribution in [0.5, 0.6) is 0 Å². The number of carbonyl (C=O) groups excluding carboxylic acids is 1. The van der Waals surface area contributed by atoms with E-state index in [9.17, 15) is 4.79 Å². The molecule has 0 unspecified atom stereocenters. The SMILES string of the molecule is C=CCN1C(=O)CC[C@H](O[Si](C)(C)C(C)(C)C)[C@H]1C. The summed E-state index contributed by atoms with van der Waals surface area (Å²) in [7, 11) is -1.77. The largest absolute Gasteiger partial charge is 0.412 e. The smallest absolute Gasteiger partial charge is 0.223 e. The third-order valence-electron chi connectivity index (χ3n) is 4.57. The molecule has 1 saturated heterocycles. The van der Waals surface area contributed by atoms with Crippen molar-refractivity contribution in [2.45, 2.75) is 70.8 Å². The molecule has 0 bridgehead atoms. The van der Waals surface area contributed by atoms with E-state index in [4.69, 9.17) is 4.43 Å². The van der Waals surface area contributed by atoms with Crippen LogP contribution in [0.1, 0.15) is 40.5 Å². The van der Waals surface area contributed by atoms with Crippen LogP contribution >= 0.6 is 0 Å². The summed E-state index contributed by atoms with van der Waals surface area (Å²) in [6.45, 7) is 17.7. The average Bonchev–Trinajstić information content (AvgIpc) is 2.26. The summed E-state index contributed by atoms with van der Waals surface area (Å²) >= 11 is 0. The van der Waals surface area contributed by atoms with Gasteiger partial charge in [0.25, 0.3) is 0 Å². The summed E-state index contributed by atoms with van der Waals surface area (Å²) in [4.78, 5) is 13.8. The maximum atomic E-state index is 11.9. The van der Waals surface area contributed by atoms with E-state index in [1.54, 1.807) is 6.08 Å². The van der Waals surface area contributed by atoms with Crippen molar-refractivity contribution < 1.29 is 9.22 Å². The summed E-state index contributed by atoms with van der Waals surface area (Å²) in [5.41, 5.74) is 0. The maximum absolute atomic E-state index is 11.9. The number of piperidine rings is 1. The molecule has 0 spiro atoms. The van der Waals surface area contributed by atoms with Crippen molar-refractivity contribution in [2.75, 3.05) is 6.54 Å². The quantitative estimate of drug-likeness (QED) is 0.583. The Labute approximate surface area is 119 Å². The maximum Gasteiger partial charge on any atom is 0.223 e. The normalized spacial score (nSPS) is 25.6. The van der Waals surface area contributed by atoms with E-state index in [1.165, 1.54) is 0 Å². The highest BCUT2D eigenvalue weighted by molar-refractivity contribution is 6.74. The molecule has 0 aliphatic carbocycles. The number of likely N-dealkylation sites (tertiary alicyclic amines) is 1. The fourth-order valence-electron chi connectivity index (χ4n) is 2.20. The third kappa shape index (κ3) is 3.69. The van der Waals surface area contributed by atoms with E-state index in [0.717, 1.165) is 6.42 Å². The van der Waals surface area contributed by atoms with E-state index in [1.807, 2.05) is 4.90 Å². The zero-order valence-corrected chi connectivity index (χ0v) is 14.3. The number of hydrogen-bond donors (Lipinski definition) is 0. The molecule has 1 aliphatic rings. The number of amides is 1. The Morgan fingerprint density at radius 2 is 2.05 bits per heavy atom. The minimum atomic E-state index is -1.77. The molecular formula is C15H29NO2Si. The molecule has 0 aromatic rings. The number of hydrogen-bond acceptors (Lipinski definition) is 2. The van der Waals surface area contributed by atoms with Crippen molar-refractivity contribution in [3.05, 3.63) is 12.7 Å². The van der Waals surface area contributed by atoms with Crippen LogP contribution in [-0.2, 0) is 9.22 Å². The van der Waals surface area contributed by atoms with Crippen LogP contribution < -0.4 is 0 Å². The lowest BCUT2D eigenvalue weighted by molar-refractivity contribution is -0.139. The number of nitrogens with zero attached hydrogens (tertiary/aromatic N) is 1. The van der Waals surface area contributed by atoms with E-state index < -0.39 is 8.32 Å². The van der Waals surface area contributed by atoms with Gasteiger partial charge in [-0.05, 0) is 31.5 Å². The van der Waals surface area contributed by atoms with Crippen molar-refractivity contribution in [2.24, 2.45) is 0 Å². The molecule has 1 heterocycles. The number of rotatable bonds is 4.